The van der Waals surface area contributed by atoms with Crippen LogP contribution in [0.5, 0.6) is 5.75 Å². The molecule has 6 nitrogen and oxygen atoms in total. The second-order valence-electron chi connectivity index (χ2n) is 5.17. The molecule has 2 amide bonds. The molecule has 1 rings (SSSR count). The van der Waals surface area contributed by atoms with Crippen LogP contribution < -0.4 is 10.6 Å². The van der Waals surface area contributed by atoms with E-state index in [1.54, 1.807) is 38.1 Å². The normalized spacial score (nSPS) is 10.9. The highest BCUT2D eigenvalue weighted by Gasteiger charge is 2.23. The van der Waals surface area contributed by atoms with E-state index in [9.17, 15) is 9.59 Å². The molecule has 0 radical (unpaired) electrons. The molecule has 6 heteroatoms. The molecule has 0 bridgehead atoms. The Hall–Kier alpha value is -2.08. The van der Waals surface area contributed by atoms with Crippen LogP contribution in [-0.4, -0.2) is 40.7 Å². The van der Waals surface area contributed by atoms with Gasteiger partial charge in [0.15, 0.2) is 0 Å². The largest absolute Gasteiger partial charge is 0.508 e. The molecule has 0 aliphatic rings. The molecule has 110 valence electrons. The van der Waals surface area contributed by atoms with Gasteiger partial charge in [0.25, 0.3) is 0 Å². The van der Waals surface area contributed by atoms with Gasteiger partial charge < -0.3 is 20.8 Å². The topological polar surface area (TPSA) is 98.7 Å². The van der Waals surface area contributed by atoms with E-state index in [4.69, 9.17) is 10.2 Å². The summed E-state index contributed by atoms with van der Waals surface area (Å²) in [6.45, 7) is 3.30. The van der Waals surface area contributed by atoms with Crippen LogP contribution in [0.15, 0.2) is 24.3 Å². The quantitative estimate of drug-likeness (QED) is 0.568. The van der Waals surface area contributed by atoms with Crippen LogP contribution in [0.25, 0.3) is 0 Å². The fraction of sp³-hybridized carbons (Fsp3) is 0.429. The number of benzene rings is 1. The zero-order valence-electron chi connectivity index (χ0n) is 11.6. The number of phenols is 1. The van der Waals surface area contributed by atoms with E-state index in [2.05, 4.69) is 10.6 Å². The van der Waals surface area contributed by atoms with E-state index >= 15 is 0 Å². The third kappa shape index (κ3) is 5.27. The van der Waals surface area contributed by atoms with Crippen LogP contribution in [0.2, 0.25) is 0 Å². The number of rotatable bonds is 5. The summed E-state index contributed by atoms with van der Waals surface area (Å²) < 4.78 is 0. The van der Waals surface area contributed by atoms with Crippen LogP contribution in [0, 0.1) is 0 Å². The predicted octanol–water partition coefficient (Wildman–Crippen LogP) is -0.0620. The lowest BCUT2D eigenvalue weighted by Crippen LogP contribution is -2.51. The first-order valence-corrected chi connectivity index (χ1v) is 6.33. The highest BCUT2D eigenvalue weighted by Crippen LogP contribution is 2.09. The van der Waals surface area contributed by atoms with Crippen molar-refractivity contribution >= 4 is 11.8 Å². The minimum Gasteiger partial charge on any atom is -0.508 e. The van der Waals surface area contributed by atoms with Gasteiger partial charge in [-0.25, -0.2) is 0 Å². The summed E-state index contributed by atoms with van der Waals surface area (Å²) in [5, 5.41) is 23.1. The van der Waals surface area contributed by atoms with Crippen molar-refractivity contribution in [3.05, 3.63) is 29.8 Å². The molecule has 0 heterocycles. The number of amides is 2. The van der Waals surface area contributed by atoms with E-state index in [1.165, 1.54) is 0 Å². The highest BCUT2D eigenvalue weighted by molar-refractivity contribution is 6.35. The van der Waals surface area contributed by atoms with Gasteiger partial charge in [-0.1, -0.05) is 12.1 Å². The molecule has 1 aromatic carbocycles. The van der Waals surface area contributed by atoms with Crippen molar-refractivity contribution in [3.63, 3.8) is 0 Å². The number of hydrogen-bond donors (Lipinski definition) is 4. The van der Waals surface area contributed by atoms with Crippen LogP contribution >= 0.6 is 0 Å². The molecule has 1 aromatic rings. The second kappa shape index (κ2) is 6.91. The Morgan fingerprint density at radius 3 is 2.30 bits per heavy atom. The first-order valence-electron chi connectivity index (χ1n) is 6.33. The Bertz CT molecular complexity index is 469. The molecule has 0 atom stereocenters. The Morgan fingerprint density at radius 2 is 1.75 bits per heavy atom. The maximum atomic E-state index is 11.5. The van der Waals surface area contributed by atoms with Crippen molar-refractivity contribution in [3.8, 4) is 5.75 Å². The number of nitrogens with one attached hydrogen (secondary N) is 2. The molecule has 0 spiro atoms. The molecule has 0 saturated carbocycles. The van der Waals surface area contributed by atoms with Gasteiger partial charge in [-0.15, -0.1) is 0 Å². The molecule has 0 aromatic heterocycles. The Labute approximate surface area is 117 Å². The minimum absolute atomic E-state index is 0.184. The highest BCUT2D eigenvalue weighted by atomic mass is 16.3. The Morgan fingerprint density at radius 1 is 1.15 bits per heavy atom. The number of aromatic hydroxyl groups is 1. The molecule has 4 N–H and O–H groups in total. The number of carbonyl (C=O) groups excluding carboxylic acids is 2. The van der Waals surface area contributed by atoms with Crippen LogP contribution in [-0.2, 0) is 16.0 Å². The monoisotopic (exact) mass is 280 g/mol. The van der Waals surface area contributed by atoms with Crippen molar-refractivity contribution in [2.75, 3.05) is 13.2 Å². The lowest BCUT2D eigenvalue weighted by Gasteiger charge is -2.22. The molecule has 20 heavy (non-hydrogen) atoms. The second-order valence-corrected chi connectivity index (χ2v) is 5.17. The molecule has 0 saturated heterocycles. The fourth-order valence-electron chi connectivity index (χ4n) is 1.47. The summed E-state index contributed by atoms with van der Waals surface area (Å²) in [6, 6.07) is 6.62. The van der Waals surface area contributed by atoms with E-state index in [-0.39, 0.29) is 12.4 Å². The lowest BCUT2D eigenvalue weighted by molar-refractivity contribution is -0.140. The molecule has 0 unspecified atom stereocenters. The van der Waals surface area contributed by atoms with Gasteiger partial charge in [0.2, 0.25) is 0 Å². The summed E-state index contributed by atoms with van der Waals surface area (Å²) in [7, 11) is 0. The first-order chi connectivity index (χ1) is 9.34. The van der Waals surface area contributed by atoms with Crippen LogP contribution in [0.1, 0.15) is 19.4 Å². The summed E-state index contributed by atoms with van der Waals surface area (Å²) in [5.41, 5.74) is 0.116. The average Bonchev–Trinajstić information content (AvgIpc) is 2.40. The van der Waals surface area contributed by atoms with E-state index in [0.717, 1.165) is 5.56 Å². The van der Waals surface area contributed by atoms with E-state index in [0.29, 0.717) is 13.0 Å². The number of carbonyl (C=O) groups is 2. The smallest absolute Gasteiger partial charge is 0.309 e. The molecule has 0 fully saturated rings. The third-order valence-electron chi connectivity index (χ3n) is 2.69. The zero-order chi connectivity index (χ0) is 15.2. The summed E-state index contributed by atoms with van der Waals surface area (Å²) in [6.07, 6.45) is 0.558. The van der Waals surface area contributed by atoms with Gasteiger partial charge in [0, 0.05) is 6.54 Å². The van der Waals surface area contributed by atoms with Crippen LogP contribution in [0.3, 0.4) is 0 Å². The fourth-order valence-corrected chi connectivity index (χ4v) is 1.47. The molecular weight excluding hydrogens is 260 g/mol. The van der Waals surface area contributed by atoms with Crippen molar-refractivity contribution in [1.82, 2.24) is 10.6 Å². The minimum atomic E-state index is -0.828. The first kappa shape index (κ1) is 16.0. The SMILES string of the molecule is CC(C)(CO)NC(=O)C(=O)NCCc1ccc(O)cc1. The van der Waals surface area contributed by atoms with Gasteiger partial charge in [0.05, 0.1) is 12.1 Å². The van der Waals surface area contributed by atoms with Crippen molar-refractivity contribution < 1.29 is 19.8 Å². The molecule has 0 aliphatic heterocycles. The third-order valence-corrected chi connectivity index (χ3v) is 2.69. The summed E-state index contributed by atoms with van der Waals surface area (Å²) in [5.74, 6) is -1.32. The van der Waals surface area contributed by atoms with E-state index < -0.39 is 17.4 Å². The Balaban J connectivity index is 2.36. The predicted molar refractivity (Wildman–Crippen MR) is 74.1 cm³/mol. The number of phenolic OH excluding ortho intramolecular Hbond substituents is 1. The maximum absolute atomic E-state index is 11.5. The number of aliphatic hydroxyl groups excluding tert-OH is 1. The molecular formula is C14H20N2O4. The zero-order valence-corrected chi connectivity index (χ0v) is 11.6. The number of hydrogen-bond acceptors (Lipinski definition) is 4. The van der Waals surface area contributed by atoms with Crippen LogP contribution in [0.4, 0.5) is 0 Å². The summed E-state index contributed by atoms with van der Waals surface area (Å²) in [4.78, 5) is 23.1. The van der Waals surface area contributed by atoms with Crippen molar-refractivity contribution in [1.29, 1.82) is 0 Å². The van der Waals surface area contributed by atoms with Crippen molar-refractivity contribution in [2.45, 2.75) is 25.8 Å². The van der Waals surface area contributed by atoms with Gasteiger partial charge in [0.1, 0.15) is 5.75 Å². The number of aliphatic hydroxyl groups is 1. The average molecular weight is 280 g/mol. The lowest BCUT2D eigenvalue weighted by atomic mass is 10.1. The summed E-state index contributed by atoms with van der Waals surface area (Å²) >= 11 is 0. The van der Waals surface area contributed by atoms with Gasteiger partial charge >= 0.3 is 11.8 Å². The van der Waals surface area contributed by atoms with Gasteiger partial charge in [-0.05, 0) is 38.0 Å². The standard InChI is InChI=1S/C14H20N2O4/c1-14(2,9-17)16-13(20)12(19)15-8-7-10-3-5-11(18)6-4-10/h3-6,17-18H,7-9H2,1-2H3,(H,15,19)(H,16,20). The Kier molecular flexibility index (Phi) is 5.52. The van der Waals surface area contributed by atoms with Crippen molar-refractivity contribution in [2.24, 2.45) is 0 Å². The maximum Gasteiger partial charge on any atom is 0.309 e. The molecule has 0 aliphatic carbocycles. The van der Waals surface area contributed by atoms with E-state index in [1.807, 2.05) is 0 Å². The van der Waals surface area contributed by atoms with Gasteiger partial charge in [-0.3, -0.25) is 9.59 Å². The van der Waals surface area contributed by atoms with Gasteiger partial charge in [-0.2, -0.15) is 0 Å².